The molecule has 1 fully saturated rings. The van der Waals surface area contributed by atoms with E-state index in [0.29, 0.717) is 5.41 Å². The maximum atomic E-state index is 5.68. The lowest BCUT2D eigenvalue weighted by Gasteiger charge is -2.38. The molecule has 0 aromatic heterocycles. The quantitative estimate of drug-likeness (QED) is 0.500. The monoisotopic (exact) mass is 259 g/mol. The molecule has 0 spiro atoms. The summed E-state index contributed by atoms with van der Waals surface area (Å²) in [6, 6.07) is 0. The Morgan fingerprint density at radius 1 is 1.00 bits per heavy atom. The molecule has 0 aliphatic carbocycles. The fourth-order valence-corrected chi connectivity index (χ4v) is 3.00. The van der Waals surface area contributed by atoms with Crippen LogP contribution in [0.5, 0.6) is 0 Å². The van der Waals surface area contributed by atoms with Gasteiger partial charge >= 0.3 is 0 Å². The van der Waals surface area contributed by atoms with Crippen LogP contribution in [0.4, 0.5) is 0 Å². The van der Waals surface area contributed by atoms with Gasteiger partial charge in [0, 0.05) is 5.88 Å². The number of unbranched alkanes of at least 4 members (excludes halogenated alkanes) is 3. The molecule has 0 amide bonds. The number of likely N-dealkylation sites (tertiary alicyclic amines) is 1. The van der Waals surface area contributed by atoms with Gasteiger partial charge in [-0.05, 0) is 56.7 Å². The van der Waals surface area contributed by atoms with Gasteiger partial charge in [0.2, 0.25) is 0 Å². The molecule has 0 radical (unpaired) electrons. The Balaban J connectivity index is 2.07. The topological polar surface area (TPSA) is 3.24 Å². The first kappa shape index (κ1) is 15.3. The highest BCUT2D eigenvalue weighted by Gasteiger charge is 2.28. The van der Waals surface area contributed by atoms with Crippen LogP contribution in [0.1, 0.15) is 59.3 Å². The smallest absolute Gasteiger partial charge is 0.0223 e. The summed E-state index contributed by atoms with van der Waals surface area (Å²) in [5.41, 5.74) is 0.506. The predicted octanol–water partition coefficient (Wildman–Crippen LogP) is 4.54. The van der Waals surface area contributed by atoms with E-state index in [-0.39, 0.29) is 0 Å². The highest BCUT2D eigenvalue weighted by atomic mass is 35.5. The van der Waals surface area contributed by atoms with Gasteiger partial charge in [-0.1, -0.05) is 33.6 Å². The molecule has 1 saturated heterocycles. The van der Waals surface area contributed by atoms with Gasteiger partial charge in [-0.3, -0.25) is 0 Å². The first-order valence-electron chi connectivity index (χ1n) is 7.32. The molecule has 0 bridgehead atoms. The van der Waals surface area contributed by atoms with Crippen molar-refractivity contribution in [1.29, 1.82) is 0 Å². The summed E-state index contributed by atoms with van der Waals surface area (Å²) < 4.78 is 0. The minimum absolute atomic E-state index is 0.506. The van der Waals surface area contributed by atoms with Crippen LogP contribution in [-0.2, 0) is 0 Å². The molecule has 1 heterocycles. The van der Waals surface area contributed by atoms with Crippen molar-refractivity contribution in [2.75, 3.05) is 25.5 Å². The summed E-state index contributed by atoms with van der Waals surface area (Å²) in [5, 5.41) is 0. The molecule has 102 valence electrons. The van der Waals surface area contributed by atoms with Crippen molar-refractivity contribution in [3.8, 4) is 0 Å². The van der Waals surface area contributed by atoms with E-state index in [1.807, 2.05) is 0 Å². The Hall–Kier alpha value is 0.250. The number of piperidine rings is 1. The summed E-state index contributed by atoms with van der Waals surface area (Å²) in [7, 11) is 0. The molecule has 0 unspecified atom stereocenters. The van der Waals surface area contributed by atoms with E-state index in [1.165, 1.54) is 58.2 Å². The number of rotatable bonds is 6. The lowest BCUT2D eigenvalue weighted by atomic mass is 9.75. The van der Waals surface area contributed by atoms with Crippen LogP contribution in [0, 0.1) is 11.3 Å². The van der Waals surface area contributed by atoms with Crippen LogP contribution in [0.3, 0.4) is 0 Å². The van der Waals surface area contributed by atoms with Crippen LogP contribution < -0.4 is 0 Å². The van der Waals surface area contributed by atoms with E-state index in [9.17, 15) is 0 Å². The van der Waals surface area contributed by atoms with E-state index in [0.717, 1.165) is 11.8 Å². The first-order chi connectivity index (χ1) is 8.04. The maximum absolute atomic E-state index is 5.68. The predicted molar refractivity (Wildman–Crippen MR) is 77.8 cm³/mol. The van der Waals surface area contributed by atoms with Gasteiger partial charge in [0.05, 0.1) is 0 Å². The Morgan fingerprint density at radius 2 is 1.59 bits per heavy atom. The molecule has 0 N–H and O–H groups in total. The van der Waals surface area contributed by atoms with Gasteiger partial charge in [-0.15, -0.1) is 11.6 Å². The molecule has 2 heteroatoms. The lowest BCUT2D eigenvalue weighted by Crippen LogP contribution is -2.38. The van der Waals surface area contributed by atoms with Gasteiger partial charge in [-0.25, -0.2) is 0 Å². The molecule has 0 atom stereocenters. The largest absolute Gasteiger partial charge is 0.303 e. The van der Waals surface area contributed by atoms with E-state index in [4.69, 9.17) is 11.6 Å². The molecule has 1 rings (SSSR count). The molecule has 1 aliphatic heterocycles. The van der Waals surface area contributed by atoms with Crippen molar-refractivity contribution < 1.29 is 0 Å². The molecule has 0 saturated carbocycles. The Bertz CT molecular complexity index is 190. The first-order valence-corrected chi connectivity index (χ1v) is 7.86. The second kappa shape index (κ2) is 7.63. The second-order valence-corrected chi connectivity index (χ2v) is 6.96. The van der Waals surface area contributed by atoms with Crippen molar-refractivity contribution in [2.45, 2.75) is 59.3 Å². The molecule has 1 aliphatic rings. The SMILES string of the molecule is CC(C)(C)C1CCN(CCCCCCCl)CC1. The molecular formula is C15H30ClN. The molecular weight excluding hydrogens is 230 g/mol. The van der Waals surface area contributed by atoms with Crippen LogP contribution in [0.25, 0.3) is 0 Å². The van der Waals surface area contributed by atoms with Crippen LogP contribution >= 0.6 is 11.6 Å². The lowest BCUT2D eigenvalue weighted by molar-refractivity contribution is 0.111. The maximum Gasteiger partial charge on any atom is 0.0223 e. The summed E-state index contributed by atoms with van der Waals surface area (Å²) in [4.78, 5) is 2.66. The Morgan fingerprint density at radius 3 is 2.12 bits per heavy atom. The van der Waals surface area contributed by atoms with Gasteiger partial charge in [0.1, 0.15) is 0 Å². The summed E-state index contributed by atoms with van der Waals surface area (Å²) in [6.07, 6.45) is 8.00. The third kappa shape index (κ3) is 6.10. The number of hydrogen-bond acceptors (Lipinski definition) is 1. The number of hydrogen-bond donors (Lipinski definition) is 0. The normalized spacial score (nSPS) is 19.8. The standard InChI is InChI=1S/C15H30ClN/c1-15(2,3)14-8-12-17(13-9-14)11-7-5-4-6-10-16/h14H,4-13H2,1-3H3. The summed E-state index contributed by atoms with van der Waals surface area (Å²) in [5.74, 6) is 1.76. The van der Waals surface area contributed by atoms with Gasteiger partial charge in [0.25, 0.3) is 0 Å². The second-order valence-electron chi connectivity index (χ2n) is 6.59. The van der Waals surface area contributed by atoms with Gasteiger partial charge in [0.15, 0.2) is 0 Å². The van der Waals surface area contributed by atoms with Crippen molar-refractivity contribution in [2.24, 2.45) is 11.3 Å². The zero-order chi connectivity index (χ0) is 12.7. The van der Waals surface area contributed by atoms with E-state index >= 15 is 0 Å². The third-order valence-corrected chi connectivity index (χ3v) is 4.44. The van der Waals surface area contributed by atoms with Crippen LogP contribution in [-0.4, -0.2) is 30.4 Å². The van der Waals surface area contributed by atoms with Gasteiger partial charge in [-0.2, -0.15) is 0 Å². The van der Waals surface area contributed by atoms with Gasteiger partial charge < -0.3 is 4.90 Å². The third-order valence-electron chi connectivity index (χ3n) is 4.17. The summed E-state index contributed by atoms with van der Waals surface area (Å²) in [6.45, 7) is 11.1. The minimum atomic E-state index is 0.506. The van der Waals surface area contributed by atoms with E-state index < -0.39 is 0 Å². The number of nitrogens with zero attached hydrogens (tertiary/aromatic N) is 1. The van der Waals surface area contributed by atoms with E-state index in [1.54, 1.807) is 0 Å². The molecule has 0 aromatic carbocycles. The van der Waals surface area contributed by atoms with Crippen LogP contribution in [0.15, 0.2) is 0 Å². The minimum Gasteiger partial charge on any atom is -0.303 e. The van der Waals surface area contributed by atoms with Crippen molar-refractivity contribution in [3.05, 3.63) is 0 Å². The summed E-state index contributed by atoms with van der Waals surface area (Å²) >= 11 is 5.68. The van der Waals surface area contributed by atoms with Crippen molar-refractivity contribution in [3.63, 3.8) is 0 Å². The average molecular weight is 260 g/mol. The zero-order valence-corrected chi connectivity index (χ0v) is 12.7. The fourth-order valence-electron chi connectivity index (χ4n) is 2.81. The molecule has 17 heavy (non-hydrogen) atoms. The van der Waals surface area contributed by atoms with Crippen molar-refractivity contribution >= 4 is 11.6 Å². The number of halogens is 1. The van der Waals surface area contributed by atoms with E-state index in [2.05, 4.69) is 25.7 Å². The van der Waals surface area contributed by atoms with Crippen molar-refractivity contribution in [1.82, 2.24) is 4.90 Å². The molecule has 1 nitrogen and oxygen atoms in total. The van der Waals surface area contributed by atoms with Crippen LogP contribution in [0.2, 0.25) is 0 Å². The molecule has 0 aromatic rings. The average Bonchev–Trinajstić information content (AvgIpc) is 2.28. The number of alkyl halides is 1. The Kier molecular flexibility index (Phi) is 6.87. The fraction of sp³-hybridized carbons (Fsp3) is 1.00. The highest BCUT2D eigenvalue weighted by Crippen LogP contribution is 2.34. The highest BCUT2D eigenvalue weighted by molar-refractivity contribution is 6.17. The zero-order valence-electron chi connectivity index (χ0n) is 12.0. The Labute approximate surface area is 113 Å².